The van der Waals surface area contributed by atoms with Gasteiger partial charge in [0.15, 0.2) is 11.5 Å². The fourth-order valence-electron chi connectivity index (χ4n) is 6.36. The zero-order chi connectivity index (χ0) is 18.4. The Labute approximate surface area is 161 Å². The minimum atomic E-state index is 0.105. The lowest BCUT2D eigenvalue weighted by Crippen LogP contribution is -2.61. The predicted molar refractivity (Wildman–Crippen MR) is 103 cm³/mol. The van der Waals surface area contributed by atoms with Crippen molar-refractivity contribution in [2.75, 3.05) is 13.3 Å². The van der Waals surface area contributed by atoms with E-state index < -0.39 is 0 Å². The maximum atomic E-state index is 12.6. The molecule has 4 bridgehead atoms. The third kappa shape index (κ3) is 3.54. The molecule has 4 aliphatic carbocycles. The van der Waals surface area contributed by atoms with Crippen molar-refractivity contribution in [1.82, 2.24) is 10.6 Å². The van der Waals surface area contributed by atoms with E-state index in [0.29, 0.717) is 13.3 Å². The molecule has 5 heteroatoms. The van der Waals surface area contributed by atoms with Crippen LogP contribution in [0.3, 0.4) is 0 Å². The van der Waals surface area contributed by atoms with E-state index in [1.54, 1.807) is 0 Å². The number of carbonyl (C=O) groups is 1. The Bertz CT molecular complexity index is 697. The van der Waals surface area contributed by atoms with Crippen molar-refractivity contribution in [2.24, 2.45) is 17.8 Å². The van der Waals surface area contributed by atoms with E-state index in [4.69, 9.17) is 9.47 Å². The van der Waals surface area contributed by atoms with Gasteiger partial charge >= 0.3 is 0 Å². The van der Waals surface area contributed by atoms with Crippen LogP contribution in [-0.4, -0.2) is 30.8 Å². The zero-order valence-electron chi connectivity index (χ0n) is 16.1. The predicted octanol–water partition coefficient (Wildman–Crippen LogP) is 3.02. The Balaban J connectivity index is 1.12. The van der Waals surface area contributed by atoms with Gasteiger partial charge in [0, 0.05) is 11.6 Å². The van der Waals surface area contributed by atoms with Gasteiger partial charge in [-0.2, -0.15) is 0 Å². The number of fused-ring (bicyclic) bond motifs is 1. The largest absolute Gasteiger partial charge is 0.454 e. The molecule has 1 heterocycles. The summed E-state index contributed by atoms with van der Waals surface area (Å²) in [5.74, 6) is 4.36. The van der Waals surface area contributed by atoms with Crippen molar-refractivity contribution in [3.05, 3.63) is 23.8 Å². The van der Waals surface area contributed by atoms with Gasteiger partial charge in [0.1, 0.15) is 0 Å². The van der Waals surface area contributed by atoms with Crippen LogP contribution in [0.15, 0.2) is 18.2 Å². The van der Waals surface area contributed by atoms with Crippen molar-refractivity contribution in [2.45, 2.75) is 63.5 Å². The van der Waals surface area contributed by atoms with E-state index in [1.165, 1.54) is 44.1 Å². The van der Waals surface area contributed by atoms with Gasteiger partial charge in [-0.3, -0.25) is 4.79 Å². The van der Waals surface area contributed by atoms with E-state index in [9.17, 15) is 4.79 Å². The number of benzene rings is 1. The molecule has 1 unspecified atom stereocenters. The first-order valence-corrected chi connectivity index (χ1v) is 10.5. The molecule has 1 aliphatic heterocycles. The summed E-state index contributed by atoms with van der Waals surface area (Å²) in [6.45, 7) is 2.83. The molecule has 0 radical (unpaired) electrons. The van der Waals surface area contributed by atoms with Crippen LogP contribution < -0.4 is 20.1 Å². The summed E-state index contributed by atoms with van der Waals surface area (Å²) < 4.78 is 10.8. The second-order valence-electron chi connectivity index (χ2n) is 9.42. The molecule has 0 saturated heterocycles. The van der Waals surface area contributed by atoms with Crippen LogP contribution in [0.1, 0.15) is 51.0 Å². The first-order valence-electron chi connectivity index (χ1n) is 10.5. The first-order chi connectivity index (χ1) is 13.1. The van der Waals surface area contributed by atoms with Gasteiger partial charge in [-0.15, -0.1) is 0 Å². The van der Waals surface area contributed by atoms with E-state index in [-0.39, 0.29) is 17.5 Å². The average molecular weight is 370 g/mol. The van der Waals surface area contributed by atoms with Gasteiger partial charge in [0.2, 0.25) is 12.7 Å². The molecule has 5 aliphatic rings. The minimum absolute atomic E-state index is 0.105. The topological polar surface area (TPSA) is 59.6 Å². The van der Waals surface area contributed by atoms with Crippen molar-refractivity contribution >= 4 is 5.91 Å². The highest BCUT2D eigenvalue weighted by Gasteiger charge is 2.51. The summed E-state index contributed by atoms with van der Waals surface area (Å²) >= 11 is 0. The highest BCUT2D eigenvalue weighted by molar-refractivity contribution is 5.79. The summed E-state index contributed by atoms with van der Waals surface area (Å²) in [6, 6.07) is 6.30. The maximum absolute atomic E-state index is 12.6. The molecule has 1 amide bonds. The second kappa shape index (κ2) is 6.69. The van der Waals surface area contributed by atoms with Crippen molar-refractivity contribution in [3.63, 3.8) is 0 Å². The molecule has 2 N–H and O–H groups in total. The molecule has 27 heavy (non-hydrogen) atoms. The van der Waals surface area contributed by atoms with Gasteiger partial charge in [-0.05, 0) is 87.3 Å². The molecule has 4 fully saturated rings. The third-order valence-corrected chi connectivity index (χ3v) is 7.03. The summed E-state index contributed by atoms with van der Waals surface area (Å²) in [6.07, 6.45) is 8.69. The van der Waals surface area contributed by atoms with Crippen molar-refractivity contribution in [3.8, 4) is 11.5 Å². The van der Waals surface area contributed by atoms with E-state index in [1.807, 2.05) is 12.1 Å². The number of hydrogen-bond acceptors (Lipinski definition) is 4. The summed E-state index contributed by atoms with van der Waals surface area (Å²) in [7, 11) is 0. The van der Waals surface area contributed by atoms with E-state index >= 15 is 0 Å². The smallest absolute Gasteiger partial charge is 0.234 e. The molecular weight excluding hydrogens is 340 g/mol. The van der Waals surface area contributed by atoms with Gasteiger partial charge < -0.3 is 20.1 Å². The molecule has 6 rings (SSSR count). The lowest BCUT2D eigenvalue weighted by molar-refractivity contribution is -0.126. The Hall–Kier alpha value is -1.75. The molecule has 5 nitrogen and oxygen atoms in total. The van der Waals surface area contributed by atoms with Crippen LogP contribution >= 0.6 is 0 Å². The third-order valence-electron chi connectivity index (χ3n) is 7.03. The summed E-state index contributed by atoms with van der Waals surface area (Å²) in [5, 5.41) is 6.84. The van der Waals surface area contributed by atoms with Crippen LogP contribution in [0.2, 0.25) is 0 Å². The average Bonchev–Trinajstić information content (AvgIpc) is 3.06. The number of carbonyl (C=O) groups excluding carboxylic acids is 1. The van der Waals surface area contributed by atoms with Gasteiger partial charge in [-0.25, -0.2) is 0 Å². The lowest BCUT2D eigenvalue weighted by Gasteiger charge is -2.56. The van der Waals surface area contributed by atoms with Gasteiger partial charge in [0.25, 0.3) is 0 Å². The Morgan fingerprint density at radius 1 is 1.11 bits per heavy atom. The van der Waals surface area contributed by atoms with Crippen LogP contribution in [0.4, 0.5) is 0 Å². The standard InChI is InChI=1S/C22H30N2O3/c1-14(4-15-2-3-19-20(8-15)27-13-26-19)23-12-21(25)24-22-9-16-5-17(10-22)7-18(6-16)11-22/h2-3,8,14,16-18,23H,4-7,9-13H2,1H3,(H,24,25). The van der Waals surface area contributed by atoms with Gasteiger partial charge in [-0.1, -0.05) is 6.07 Å². The molecule has 1 aromatic carbocycles. The Kier molecular flexibility index (Phi) is 4.30. The first kappa shape index (κ1) is 17.4. The number of hydrogen-bond donors (Lipinski definition) is 2. The number of amides is 1. The van der Waals surface area contributed by atoms with E-state index in [2.05, 4.69) is 23.6 Å². The van der Waals surface area contributed by atoms with Crippen LogP contribution in [0.25, 0.3) is 0 Å². The summed E-state index contributed by atoms with van der Waals surface area (Å²) in [4.78, 5) is 12.6. The molecule has 4 saturated carbocycles. The highest BCUT2D eigenvalue weighted by Crippen LogP contribution is 2.55. The van der Waals surface area contributed by atoms with Crippen LogP contribution in [0.5, 0.6) is 11.5 Å². The monoisotopic (exact) mass is 370 g/mol. The normalized spacial score (nSPS) is 33.9. The Morgan fingerprint density at radius 3 is 2.48 bits per heavy atom. The summed E-state index contributed by atoms with van der Waals surface area (Å²) in [5.41, 5.74) is 1.30. The van der Waals surface area contributed by atoms with Crippen LogP contribution in [-0.2, 0) is 11.2 Å². The molecule has 1 aromatic rings. The molecule has 0 spiro atoms. The quantitative estimate of drug-likeness (QED) is 0.808. The molecule has 1 atom stereocenters. The van der Waals surface area contributed by atoms with E-state index in [0.717, 1.165) is 35.7 Å². The molecule has 0 aromatic heterocycles. The molecular formula is C22H30N2O3. The Morgan fingerprint density at radius 2 is 1.78 bits per heavy atom. The number of nitrogens with one attached hydrogen (secondary N) is 2. The fraction of sp³-hybridized carbons (Fsp3) is 0.682. The zero-order valence-corrected chi connectivity index (χ0v) is 16.1. The van der Waals surface area contributed by atoms with Gasteiger partial charge in [0.05, 0.1) is 6.54 Å². The van der Waals surface area contributed by atoms with Crippen molar-refractivity contribution in [1.29, 1.82) is 0 Å². The second-order valence-corrected chi connectivity index (χ2v) is 9.42. The lowest BCUT2D eigenvalue weighted by atomic mass is 9.53. The molecule has 146 valence electrons. The van der Waals surface area contributed by atoms with Crippen molar-refractivity contribution < 1.29 is 14.3 Å². The number of ether oxygens (including phenoxy) is 2. The SMILES string of the molecule is CC(Cc1ccc2c(c1)OCO2)NCC(=O)NC12CC3CC(CC(C3)C1)C2. The van der Waals surface area contributed by atoms with Crippen LogP contribution in [0, 0.1) is 17.8 Å². The fourth-order valence-corrected chi connectivity index (χ4v) is 6.36. The number of rotatable bonds is 6. The minimum Gasteiger partial charge on any atom is -0.454 e. The maximum Gasteiger partial charge on any atom is 0.234 e. The highest BCUT2D eigenvalue weighted by atomic mass is 16.7.